The molecule has 26 heavy (non-hydrogen) atoms. The quantitative estimate of drug-likeness (QED) is 0.766. The third-order valence-corrected chi connectivity index (χ3v) is 4.88. The molecule has 3 rings (SSSR count). The van der Waals surface area contributed by atoms with Crippen molar-refractivity contribution in [3.8, 4) is 0 Å². The van der Waals surface area contributed by atoms with Crippen molar-refractivity contribution in [2.24, 2.45) is 0 Å². The van der Waals surface area contributed by atoms with Gasteiger partial charge in [0.2, 0.25) is 11.8 Å². The van der Waals surface area contributed by atoms with E-state index in [4.69, 9.17) is 0 Å². The number of nitrogens with zero attached hydrogens (tertiary/aromatic N) is 2. The summed E-state index contributed by atoms with van der Waals surface area (Å²) in [6.07, 6.45) is -1.39. The number of urea groups is 1. The van der Waals surface area contributed by atoms with E-state index in [0.717, 1.165) is 42.7 Å². The van der Waals surface area contributed by atoms with Crippen LogP contribution in [0, 0.1) is 0 Å². The van der Waals surface area contributed by atoms with Crippen molar-refractivity contribution >= 4 is 17.8 Å². The number of amides is 4. The highest BCUT2D eigenvalue weighted by Gasteiger charge is 2.42. The molecule has 1 aliphatic carbocycles. The highest BCUT2D eigenvalue weighted by molar-refractivity contribution is 6.14. The van der Waals surface area contributed by atoms with Gasteiger partial charge < -0.3 is 0 Å². The first-order valence-corrected chi connectivity index (χ1v) is 8.60. The lowest BCUT2D eigenvalue weighted by Crippen LogP contribution is -2.58. The van der Waals surface area contributed by atoms with E-state index in [1.165, 1.54) is 17.0 Å². The van der Waals surface area contributed by atoms with Crippen LogP contribution < -0.4 is 0 Å². The van der Waals surface area contributed by atoms with E-state index >= 15 is 0 Å². The summed E-state index contributed by atoms with van der Waals surface area (Å²) in [4.78, 5) is 39.0. The van der Waals surface area contributed by atoms with Crippen molar-refractivity contribution in [2.75, 3.05) is 6.54 Å². The molecule has 4 amide bonds. The average molecular weight is 368 g/mol. The lowest BCUT2D eigenvalue weighted by molar-refractivity contribution is -0.144. The van der Waals surface area contributed by atoms with E-state index in [0.29, 0.717) is 5.56 Å². The molecule has 1 aliphatic heterocycles. The van der Waals surface area contributed by atoms with Crippen LogP contribution in [0.1, 0.15) is 43.2 Å². The summed E-state index contributed by atoms with van der Waals surface area (Å²) in [5, 5.41) is 0. The van der Waals surface area contributed by atoms with Crippen LogP contribution in [0.5, 0.6) is 0 Å². The first-order valence-electron chi connectivity index (χ1n) is 8.60. The Hall–Kier alpha value is -2.38. The number of imide groups is 2. The van der Waals surface area contributed by atoms with Crippen LogP contribution in [0.2, 0.25) is 0 Å². The fourth-order valence-electron chi connectivity index (χ4n) is 3.54. The van der Waals surface area contributed by atoms with Gasteiger partial charge >= 0.3 is 12.2 Å². The Balaban J connectivity index is 1.71. The van der Waals surface area contributed by atoms with Crippen LogP contribution in [0.3, 0.4) is 0 Å². The smallest absolute Gasteiger partial charge is 0.274 e. The summed E-state index contributed by atoms with van der Waals surface area (Å²) in [6, 6.07) is 3.98. The summed E-state index contributed by atoms with van der Waals surface area (Å²) in [6.45, 7) is -0.0462. The molecule has 1 aromatic carbocycles. The SMILES string of the molecule is O=C1CC(=O)N(C2CCCC2)C(=O)N1CCc1cccc(C(F)(F)F)c1. The van der Waals surface area contributed by atoms with Crippen LogP contribution in [0.25, 0.3) is 0 Å². The fourth-order valence-corrected chi connectivity index (χ4v) is 3.54. The minimum Gasteiger partial charge on any atom is -0.274 e. The number of benzene rings is 1. The number of hydrogen-bond acceptors (Lipinski definition) is 3. The number of barbiturate groups is 1. The first kappa shape index (κ1) is 18.4. The molecule has 5 nitrogen and oxygen atoms in total. The molecular weight excluding hydrogens is 349 g/mol. The highest BCUT2D eigenvalue weighted by atomic mass is 19.4. The summed E-state index contributed by atoms with van der Waals surface area (Å²) >= 11 is 0. The zero-order chi connectivity index (χ0) is 18.9. The van der Waals surface area contributed by atoms with E-state index in [9.17, 15) is 27.6 Å². The molecule has 0 aromatic heterocycles. The molecule has 1 saturated heterocycles. The zero-order valence-electron chi connectivity index (χ0n) is 14.1. The molecular formula is C18H19F3N2O3. The standard InChI is InChI=1S/C18H19F3N2O3/c19-18(20,21)13-5-3-4-12(10-13)8-9-22-15(24)11-16(25)23(17(22)26)14-6-1-2-7-14/h3-5,10,14H,1-2,6-9,11H2. The molecule has 0 unspecified atom stereocenters. The topological polar surface area (TPSA) is 57.7 Å². The number of carbonyl (C=O) groups excluding carboxylic acids is 3. The van der Waals surface area contributed by atoms with E-state index < -0.39 is 29.6 Å². The number of halogens is 3. The second-order valence-electron chi connectivity index (χ2n) is 6.65. The molecule has 0 N–H and O–H groups in total. The Kier molecular flexibility index (Phi) is 5.02. The van der Waals surface area contributed by atoms with Gasteiger partial charge in [-0.1, -0.05) is 31.0 Å². The van der Waals surface area contributed by atoms with Crippen LogP contribution >= 0.6 is 0 Å². The van der Waals surface area contributed by atoms with Crippen molar-refractivity contribution < 1.29 is 27.6 Å². The monoisotopic (exact) mass is 368 g/mol. The summed E-state index contributed by atoms with van der Waals surface area (Å²) in [7, 11) is 0. The number of carbonyl (C=O) groups is 3. The molecule has 2 fully saturated rings. The van der Waals surface area contributed by atoms with Gasteiger partial charge in [0.05, 0.1) is 5.56 Å². The van der Waals surface area contributed by atoms with Gasteiger partial charge in [-0.3, -0.25) is 19.4 Å². The van der Waals surface area contributed by atoms with Gasteiger partial charge in [0, 0.05) is 12.6 Å². The van der Waals surface area contributed by atoms with Gasteiger partial charge in [-0.25, -0.2) is 4.79 Å². The summed E-state index contributed by atoms with van der Waals surface area (Å²) in [5.41, 5.74) is -0.390. The van der Waals surface area contributed by atoms with Crippen molar-refractivity contribution in [3.05, 3.63) is 35.4 Å². The molecule has 140 valence electrons. The molecule has 8 heteroatoms. The van der Waals surface area contributed by atoms with Crippen LogP contribution in [0.4, 0.5) is 18.0 Å². The van der Waals surface area contributed by atoms with Gasteiger partial charge in [-0.05, 0) is 30.9 Å². The first-order chi connectivity index (χ1) is 12.3. The molecule has 1 aromatic rings. The summed E-state index contributed by atoms with van der Waals surface area (Å²) < 4.78 is 38.4. The van der Waals surface area contributed by atoms with Crippen LogP contribution in [-0.2, 0) is 22.2 Å². The highest BCUT2D eigenvalue weighted by Crippen LogP contribution is 2.30. The van der Waals surface area contributed by atoms with Crippen LogP contribution in [-0.4, -0.2) is 40.2 Å². The van der Waals surface area contributed by atoms with Crippen molar-refractivity contribution in [2.45, 2.75) is 50.7 Å². The molecule has 0 radical (unpaired) electrons. The average Bonchev–Trinajstić information content (AvgIpc) is 3.08. The van der Waals surface area contributed by atoms with Gasteiger partial charge in [0.1, 0.15) is 6.42 Å². The predicted molar refractivity (Wildman–Crippen MR) is 86.0 cm³/mol. The molecule has 1 saturated carbocycles. The van der Waals surface area contributed by atoms with E-state index in [1.54, 1.807) is 0 Å². The van der Waals surface area contributed by atoms with Gasteiger partial charge in [0.25, 0.3) is 0 Å². The van der Waals surface area contributed by atoms with Crippen molar-refractivity contribution in [1.82, 2.24) is 9.80 Å². The number of rotatable bonds is 4. The van der Waals surface area contributed by atoms with Crippen LogP contribution in [0.15, 0.2) is 24.3 Å². The van der Waals surface area contributed by atoms with Gasteiger partial charge in [0.15, 0.2) is 0 Å². The lowest BCUT2D eigenvalue weighted by Gasteiger charge is -2.36. The molecule has 0 spiro atoms. The molecule has 0 atom stereocenters. The maximum atomic E-state index is 12.8. The molecule has 2 aliphatic rings. The minimum atomic E-state index is -4.45. The molecule has 0 bridgehead atoms. The largest absolute Gasteiger partial charge is 0.416 e. The van der Waals surface area contributed by atoms with E-state index in [1.807, 2.05) is 0 Å². The van der Waals surface area contributed by atoms with Crippen molar-refractivity contribution in [1.29, 1.82) is 0 Å². The fraction of sp³-hybridized carbons (Fsp3) is 0.500. The maximum Gasteiger partial charge on any atom is 0.416 e. The number of alkyl halides is 3. The predicted octanol–water partition coefficient (Wildman–Crippen LogP) is 3.37. The molecule has 1 heterocycles. The Morgan fingerprint density at radius 3 is 2.38 bits per heavy atom. The Bertz CT molecular complexity index is 727. The van der Waals surface area contributed by atoms with E-state index in [-0.39, 0.29) is 25.4 Å². The van der Waals surface area contributed by atoms with Gasteiger partial charge in [-0.15, -0.1) is 0 Å². The summed E-state index contributed by atoms with van der Waals surface area (Å²) in [5.74, 6) is -1.08. The Morgan fingerprint density at radius 1 is 1.04 bits per heavy atom. The minimum absolute atomic E-state index is 0.0462. The third kappa shape index (κ3) is 3.73. The maximum absolute atomic E-state index is 12.8. The normalized spacial score (nSPS) is 19.6. The van der Waals surface area contributed by atoms with Gasteiger partial charge in [-0.2, -0.15) is 13.2 Å². The zero-order valence-corrected chi connectivity index (χ0v) is 14.1. The Labute approximate surface area is 148 Å². The third-order valence-electron chi connectivity index (χ3n) is 4.88. The van der Waals surface area contributed by atoms with E-state index in [2.05, 4.69) is 0 Å². The second-order valence-corrected chi connectivity index (χ2v) is 6.65. The number of hydrogen-bond donors (Lipinski definition) is 0. The lowest BCUT2D eigenvalue weighted by atomic mass is 10.1. The second kappa shape index (κ2) is 7.09. The van der Waals surface area contributed by atoms with Crippen molar-refractivity contribution in [3.63, 3.8) is 0 Å². The Morgan fingerprint density at radius 2 is 1.73 bits per heavy atom.